The molecule has 1 heterocycles. The fraction of sp³-hybridized carbons (Fsp3) is 0.579. The number of rotatable bonds is 3. The third-order valence-electron chi connectivity index (χ3n) is 4.38. The van der Waals surface area contributed by atoms with Crippen LogP contribution in [0.1, 0.15) is 44.0 Å². The number of piperidine rings is 1. The van der Waals surface area contributed by atoms with E-state index in [0.29, 0.717) is 24.4 Å². The summed E-state index contributed by atoms with van der Waals surface area (Å²) in [6.07, 6.45) is 1.13. The summed E-state index contributed by atoms with van der Waals surface area (Å²) in [5.74, 6) is 0.616. The Morgan fingerprint density at radius 2 is 1.85 bits per heavy atom. The van der Waals surface area contributed by atoms with Gasteiger partial charge in [-0.25, -0.2) is 4.79 Å². The molecule has 1 aliphatic rings. The number of carbonyl (C=O) groups is 2. The molecule has 1 aromatic carbocycles. The van der Waals surface area contributed by atoms with E-state index in [1.54, 1.807) is 25.1 Å². The van der Waals surface area contributed by atoms with Gasteiger partial charge < -0.3 is 19.3 Å². The van der Waals surface area contributed by atoms with E-state index in [2.05, 4.69) is 15.9 Å². The Balaban J connectivity index is 1.98. The number of methoxy groups -OCH3 is 1. The predicted octanol–water partition coefficient (Wildman–Crippen LogP) is 3.93. The summed E-state index contributed by atoms with van der Waals surface area (Å²) in [6, 6.07) is 5.44. The zero-order valence-electron chi connectivity index (χ0n) is 16.0. The van der Waals surface area contributed by atoms with Crippen molar-refractivity contribution in [3.63, 3.8) is 0 Å². The first-order valence-electron chi connectivity index (χ1n) is 8.71. The van der Waals surface area contributed by atoms with Gasteiger partial charge in [0.15, 0.2) is 0 Å². The molecular weight excluding hydrogens is 400 g/mol. The Hall–Kier alpha value is -1.76. The van der Waals surface area contributed by atoms with Crippen LogP contribution in [0.15, 0.2) is 22.7 Å². The van der Waals surface area contributed by atoms with Gasteiger partial charge in [-0.15, -0.1) is 0 Å². The van der Waals surface area contributed by atoms with E-state index >= 15 is 0 Å². The van der Waals surface area contributed by atoms with Gasteiger partial charge in [-0.3, -0.25) is 4.79 Å². The highest BCUT2D eigenvalue weighted by atomic mass is 79.9. The molecule has 0 aliphatic carbocycles. The first-order valence-corrected chi connectivity index (χ1v) is 9.50. The van der Waals surface area contributed by atoms with Crippen LogP contribution in [0.3, 0.4) is 0 Å². The van der Waals surface area contributed by atoms with Crippen LogP contribution in [0.2, 0.25) is 0 Å². The second-order valence-corrected chi connectivity index (χ2v) is 8.31. The van der Waals surface area contributed by atoms with Gasteiger partial charge in [-0.05, 0) is 67.7 Å². The van der Waals surface area contributed by atoms with Crippen LogP contribution in [-0.4, -0.2) is 60.7 Å². The second kappa shape index (κ2) is 8.29. The topological polar surface area (TPSA) is 59.1 Å². The van der Waals surface area contributed by atoms with Crippen LogP contribution >= 0.6 is 15.9 Å². The van der Waals surface area contributed by atoms with Crippen molar-refractivity contribution in [1.29, 1.82) is 0 Å². The van der Waals surface area contributed by atoms with Gasteiger partial charge in [-0.1, -0.05) is 0 Å². The number of amides is 2. The Labute approximate surface area is 163 Å². The zero-order valence-corrected chi connectivity index (χ0v) is 17.6. The highest BCUT2D eigenvalue weighted by Gasteiger charge is 2.30. The molecule has 1 aliphatic heterocycles. The highest BCUT2D eigenvalue weighted by Crippen LogP contribution is 2.26. The van der Waals surface area contributed by atoms with Crippen LogP contribution in [-0.2, 0) is 4.74 Å². The summed E-state index contributed by atoms with van der Waals surface area (Å²) in [5, 5.41) is 0. The first-order chi connectivity index (χ1) is 12.1. The van der Waals surface area contributed by atoms with E-state index in [1.807, 2.05) is 37.8 Å². The maximum Gasteiger partial charge on any atom is 0.410 e. The second-order valence-electron chi connectivity index (χ2n) is 7.46. The minimum atomic E-state index is -0.513. The molecule has 0 spiro atoms. The average molecular weight is 427 g/mol. The van der Waals surface area contributed by atoms with Crippen LogP contribution in [0.4, 0.5) is 4.79 Å². The molecule has 0 N–H and O–H groups in total. The minimum Gasteiger partial charge on any atom is -0.497 e. The lowest BCUT2D eigenvalue weighted by Crippen LogP contribution is -2.48. The average Bonchev–Trinajstić information content (AvgIpc) is 2.59. The van der Waals surface area contributed by atoms with Gasteiger partial charge in [-0.2, -0.15) is 0 Å². The molecule has 0 radical (unpaired) electrons. The van der Waals surface area contributed by atoms with E-state index in [0.717, 1.165) is 17.3 Å². The molecule has 0 aromatic heterocycles. The predicted molar refractivity (Wildman–Crippen MR) is 104 cm³/mol. The van der Waals surface area contributed by atoms with Crippen LogP contribution in [0.25, 0.3) is 0 Å². The van der Waals surface area contributed by atoms with E-state index < -0.39 is 5.60 Å². The maximum absolute atomic E-state index is 12.8. The molecule has 26 heavy (non-hydrogen) atoms. The van der Waals surface area contributed by atoms with Crippen molar-refractivity contribution < 1.29 is 19.1 Å². The van der Waals surface area contributed by atoms with Crippen molar-refractivity contribution in [3.05, 3.63) is 28.2 Å². The fourth-order valence-corrected chi connectivity index (χ4v) is 3.32. The number of nitrogens with zero attached hydrogens (tertiary/aromatic N) is 2. The maximum atomic E-state index is 12.8. The molecular formula is C19H27BrN2O4. The Morgan fingerprint density at radius 1 is 1.23 bits per heavy atom. The van der Waals surface area contributed by atoms with Gasteiger partial charge in [0.25, 0.3) is 5.91 Å². The number of halogens is 1. The van der Waals surface area contributed by atoms with Crippen LogP contribution in [0.5, 0.6) is 5.75 Å². The van der Waals surface area contributed by atoms with Crippen molar-refractivity contribution in [2.24, 2.45) is 0 Å². The third-order valence-corrected chi connectivity index (χ3v) is 5.08. The van der Waals surface area contributed by atoms with Crippen molar-refractivity contribution >= 4 is 27.9 Å². The smallest absolute Gasteiger partial charge is 0.410 e. The molecule has 2 rings (SSSR count). The van der Waals surface area contributed by atoms with Crippen LogP contribution in [0, 0.1) is 0 Å². The molecule has 144 valence electrons. The quantitative estimate of drug-likeness (QED) is 0.734. The molecule has 6 nitrogen and oxygen atoms in total. The third kappa shape index (κ3) is 5.13. The molecule has 1 fully saturated rings. The number of hydrogen-bond donors (Lipinski definition) is 0. The number of benzene rings is 1. The first kappa shape index (κ1) is 20.6. The van der Waals surface area contributed by atoms with Gasteiger partial charge >= 0.3 is 6.09 Å². The number of hydrogen-bond acceptors (Lipinski definition) is 4. The Kier molecular flexibility index (Phi) is 6.55. The SMILES string of the molecule is COc1ccc(Br)c(C(=O)N2CCC(N(C)C(=O)OC(C)(C)C)CC2)c1. The van der Waals surface area contributed by atoms with E-state index in [1.165, 1.54) is 0 Å². The van der Waals surface area contributed by atoms with Gasteiger partial charge in [0.1, 0.15) is 11.4 Å². The normalized spacial score (nSPS) is 15.5. The van der Waals surface area contributed by atoms with Crippen molar-refractivity contribution in [1.82, 2.24) is 9.80 Å². The van der Waals surface area contributed by atoms with E-state index in [9.17, 15) is 9.59 Å². The summed E-state index contributed by atoms with van der Waals surface area (Å²) < 4.78 is 11.4. The summed E-state index contributed by atoms with van der Waals surface area (Å²) in [6.45, 7) is 6.75. The van der Waals surface area contributed by atoms with Crippen LogP contribution < -0.4 is 4.74 Å². The lowest BCUT2D eigenvalue weighted by atomic mass is 10.0. The van der Waals surface area contributed by atoms with Crippen molar-refractivity contribution in [2.45, 2.75) is 45.3 Å². The summed E-state index contributed by atoms with van der Waals surface area (Å²) in [7, 11) is 3.34. The number of carbonyl (C=O) groups excluding carboxylic acids is 2. The van der Waals surface area contributed by atoms with Gasteiger partial charge in [0, 0.05) is 30.7 Å². The largest absolute Gasteiger partial charge is 0.497 e. The fourth-order valence-electron chi connectivity index (χ4n) is 2.90. The zero-order chi connectivity index (χ0) is 19.5. The lowest BCUT2D eigenvalue weighted by Gasteiger charge is -2.37. The molecule has 0 bridgehead atoms. The molecule has 1 aromatic rings. The minimum absolute atomic E-state index is 0.0332. The van der Waals surface area contributed by atoms with E-state index in [4.69, 9.17) is 9.47 Å². The van der Waals surface area contributed by atoms with Gasteiger partial charge in [0.2, 0.25) is 0 Å². The molecule has 1 saturated heterocycles. The monoisotopic (exact) mass is 426 g/mol. The highest BCUT2D eigenvalue weighted by molar-refractivity contribution is 9.10. The summed E-state index contributed by atoms with van der Waals surface area (Å²) >= 11 is 3.44. The Morgan fingerprint density at radius 3 is 2.38 bits per heavy atom. The number of ether oxygens (including phenoxy) is 2. The molecule has 7 heteroatoms. The van der Waals surface area contributed by atoms with Gasteiger partial charge in [0.05, 0.1) is 12.7 Å². The molecule has 0 unspecified atom stereocenters. The molecule has 0 saturated carbocycles. The standard InChI is InChI=1S/C19H27BrN2O4/c1-19(2,3)26-18(24)21(4)13-8-10-22(11-9-13)17(23)15-12-14(25-5)6-7-16(15)20/h6-7,12-13H,8-11H2,1-5H3. The van der Waals surface area contributed by atoms with E-state index in [-0.39, 0.29) is 18.0 Å². The van der Waals surface area contributed by atoms with Crippen molar-refractivity contribution in [3.8, 4) is 5.75 Å². The number of likely N-dealkylation sites (tertiary alicyclic amines) is 1. The summed E-state index contributed by atoms with van der Waals surface area (Å²) in [4.78, 5) is 28.5. The molecule has 2 amide bonds. The van der Waals surface area contributed by atoms with Crippen molar-refractivity contribution in [2.75, 3.05) is 27.2 Å². The molecule has 0 atom stereocenters. The Bertz CT molecular complexity index is 664. The summed E-state index contributed by atoms with van der Waals surface area (Å²) in [5.41, 5.74) is 0.0731. The lowest BCUT2D eigenvalue weighted by molar-refractivity contribution is 0.0155.